The summed E-state index contributed by atoms with van der Waals surface area (Å²) in [5.41, 5.74) is -2.74. The summed E-state index contributed by atoms with van der Waals surface area (Å²) in [6, 6.07) is 0. The van der Waals surface area contributed by atoms with Crippen LogP contribution in [0.1, 0.15) is 225 Å². The fraction of sp³-hybridized carbons (Fsp3) is 0.925. The number of hydrogen-bond donors (Lipinski definition) is 5. The third-order valence-electron chi connectivity index (χ3n) is 9.30. The first kappa shape index (κ1) is 48.4. The Morgan fingerprint density at radius 1 is 0.375 bits per heavy atom. The van der Waals surface area contributed by atoms with Crippen molar-refractivity contribution in [2.24, 2.45) is 0 Å². The van der Waals surface area contributed by atoms with E-state index in [2.05, 4.69) is 6.92 Å². The molecule has 0 aliphatic rings. The molecule has 8 nitrogen and oxygen atoms in total. The molecule has 286 valence electrons. The molecule has 0 aromatic carbocycles. The number of aliphatic carboxylic acids is 3. The van der Waals surface area contributed by atoms with Crippen LogP contribution in [0.15, 0.2) is 0 Å². The highest BCUT2D eigenvalue weighted by molar-refractivity contribution is 5.88. The maximum absolute atomic E-state index is 10.3. The monoisotopic (exact) mass is 687 g/mol. The molecule has 0 aliphatic carbocycles. The Labute approximate surface area is 294 Å². The molecule has 0 aromatic rings. The smallest absolute Gasteiger partial charge is 0.336 e. The minimum absolute atomic E-state index is 0.375. The first-order valence-corrected chi connectivity index (χ1v) is 20.2. The van der Waals surface area contributed by atoms with E-state index < -0.39 is 36.4 Å². The van der Waals surface area contributed by atoms with Gasteiger partial charge < -0.3 is 25.5 Å². The highest BCUT2D eigenvalue weighted by Gasteiger charge is 2.40. The van der Waals surface area contributed by atoms with E-state index in [4.69, 9.17) is 25.5 Å². The fourth-order valence-corrected chi connectivity index (χ4v) is 6.20. The van der Waals surface area contributed by atoms with E-state index in [1.165, 1.54) is 199 Å². The van der Waals surface area contributed by atoms with E-state index in [-0.39, 0.29) is 0 Å². The van der Waals surface area contributed by atoms with E-state index in [0.29, 0.717) is 6.61 Å². The summed E-state index contributed by atoms with van der Waals surface area (Å²) < 4.78 is 0. The van der Waals surface area contributed by atoms with Gasteiger partial charge in [0.1, 0.15) is 0 Å². The van der Waals surface area contributed by atoms with Crippen LogP contribution in [0.2, 0.25) is 0 Å². The number of aliphatic hydroxyl groups is 2. The Morgan fingerprint density at radius 3 is 0.708 bits per heavy atom. The summed E-state index contributed by atoms with van der Waals surface area (Å²) in [4.78, 5) is 30.5. The molecule has 0 spiro atoms. The third-order valence-corrected chi connectivity index (χ3v) is 9.30. The van der Waals surface area contributed by atoms with Crippen molar-refractivity contribution in [3.05, 3.63) is 0 Å². The highest BCUT2D eigenvalue weighted by Crippen LogP contribution is 2.17. The minimum atomic E-state index is -2.74. The lowest BCUT2D eigenvalue weighted by Gasteiger charge is -2.18. The average Bonchev–Trinajstić information content (AvgIpc) is 3.03. The van der Waals surface area contributed by atoms with Crippen LogP contribution in [-0.4, -0.2) is 55.6 Å². The third kappa shape index (κ3) is 38.8. The minimum Gasteiger partial charge on any atom is -0.481 e. The molecule has 0 amide bonds. The fourth-order valence-electron chi connectivity index (χ4n) is 6.20. The van der Waals surface area contributed by atoms with Gasteiger partial charge >= 0.3 is 17.9 Å². The van der Waals surface area contributed by atoms with E-state index in [0.717, 1.165) is 6.42 Å². The summed E-state index contributed by atoms with van der Waals surface area (Å²) in [5.74, 6) is -5.02. The number of carboxylic acids is 3. The average molecular weight is 687 g/mol. The molecule has 0 fully saturated rings. The van der Waals surface area contributed by atoms with Crippen molar-refractivity contribution >= 4 is 17.9 Å². The molecule has 0 unspecified atom stereocenters. The Hall–Kier alpha value is -1.67. The van der Waals surface area contributed by atoms with Crippen LogP contribution < -0.4 is 0 Å². The van der Waals surface area contributed by atoms with E-state index in [1.54, 1.807) is 0 Å². The molecule has 0 heterocycles. The summed E-state index contributed by atoms with van der Waals surface area (Å²) in [6.45, 7) is 2.68. The molecule has 0 saturated carbocycles. The van der Waals surface area contributed by atoms with Crippen molar-refractivity contribution in [3.8, 4) is 0 Å². The van der Waals surface area contributed by atoms with Gasteiger partial charge in [0, 0.05) is 6.61 Å². The SMILES string of the molecule is CCCCCCCCCCCCCCCCCCCCCCCCCCCCCCCCCCO.O=C(O)CC(O)(CC(=O)O)C(=O)O. The van der Waals surface area contributed by atoms with Gasteiger partial charge in [-0.2, -0.15) is 0 Å². The molecule has 48 heavy (non-hydrogen) atoms. The second-order valence-corrected chi connectivity index (χ2v) is 14.2. The van der Waals surface area contributed by atoms with Crippen molar-refractivity contribution in [1.82, 2.24) is 0 Å². The maximum atomic E-state index is 10.3. The van der Waals surface area contributed by atoms with Crippen LogP contribution in [0.4, 0.5) is 0 Å². The van der Waals surface area contributed by atoms with Gasteiger partial charge in [0.25, 0.3) is 0 Å². The summed E-state index contributed by atoms with van der Waals surface area (Å²) >= 11 is 0. The molecule has 0 aromatic heterocycles. The lowest BCUT2D eigenvalue weighted by molar-refractivity contribution is -0.170. The predicted octanol–water partition coefficient (Wildman–Crippen LogP) is 11.2. The molecule has 0 aliphatic heterocycles. The van der Waals surface area contributed by atoms with Crippen molar-refractivity contribution in [3.63, 3.8) is 0 Å². The molecule has 8 heteroatoms. The number of aliphatic hydroxyl groups excluding tert-OH is 1. The van der Waals surface area contributed by atoms with Gasteiger partial charge in [0.15, 0.2) is 5.60 Å². The van der Waals surface area contributed by atoms with Gasteiger partial charge in [0.2, 0.25) is 0 Å². The normalized spacial score (nSPS) is 11.3. The number of carboxylic acid groups (broad SMARTS) is 3. The van der Waals surface area contributed by atoms with Gasteiger partial charge in [-0.15, -0.1) is 0 Å². The van der Waals surface area contributed by atoms with Gasteiger partial charge in [-0.05, 0) is 6.42 Å². The number of rotatable bonds is 37. The van der Waals surface area contributed by atoms with Gasteiger partial charge in [-0.25, -0.2) is 4.79 Å². The Balaban J connectivity index is 0. The summed E-state index contributed by atoms with van der Waals surface area (Å²) in [6.07, 6.45) is 43.8. The Bertz CT molecular complexity index is 663. The number of carbonyl (C=O) groups is 3. The zero-order valence-electron chi connectivity index (χ0n) is 31.2. The Kier molecular flexibility index (Phi) is 38.5. The molecule has 5 N–H and O–H groups in total. The van der Waals surface area contributed by atoms with E-state index in [1.807, 2.05) is 0 Å². The highest BCUT2D eigenvalue weighted by atomic mass is 16.4. The van der Waals surface area contributed by atoms with Crippen LogP contribution in [0.25, 0.3) is 0 Å². The second-order valence-electron chi connectivity index (χ2n) is 14.2. The summed E-state index contributed by atoms with van der Waals surface area (Å²) in [5, 5.41) is 42.6. The van der Waals surface area contributed by atoms with Gasteiger partial charge in [0.05, 0.1) is 12.8 Å². The lowest BCUT2D eigenvalue weighted by atomic mass is 9.96. The standard InChI is InChI=1S/C34H70O.C6H8O7/c1-2-3-4-5-6-7-8-9-10-11-12-13-14-15-16-17-18-19-20-21-22-23-24-25-26-27-28-29-30-31-32-33-34-35;7-3(8)1-6(13,5(11)12)2-4(9)10/h35H,2-34H2,1H3;13H,1-2H2,(H,7,8)(H,9,10)(H,11,12). The number of hydrogen-bond acceptors (Lipinski definition) is 5. The molecular weight excluding hydrogens is 608 g/mol. The zero-order chi connectivity index (χ0) is 36.0. The molecule has 0 rings (SSSR count). The number of unbranched alkanes of at least 4 members (excludes halogenated alkanes) is 31. The predicted molar refractivity (Wildman–Crippen MR) is 198 cm³/mol. The van der Waals surface area contributed by atoms with Crippen molar-refractivity contribution in [2.75, 3.05) is 6.61 Å². The molecule has 0 saturated heterocycles. The topological polar surface area (TPSA) is 152 Å². The van der Waals surface area contributed by atoms with Crippen LogP contribution in [0, 0.1) is 0 Å². The molecule has 0 radical (unpaired) electrons. The second kappa shape index (κ2) is 38.1. The maximum Gasteiger partial charge on any atom is 0.336 e. The van der Waals surface area contributed by atoms with Crippen LogP contribution in [0.5, 0.6) is 0 Å². The zero-order valence-corrected chi connectivity index (χ0v) is 31.2. The van der Waals surface area contributed by atoms with Crippen LogP contribution in [0.3, 0.4) is 0 Å². The van der Waals surface area contributed by atoms with Crippen LogP contribution >= 0.6 is 0 Å². The lowest BCUT2D eigenvalue weighted by Crippen LogP contribution is -2.42. The van der Waals surface area contributed by atoms with Crippen molar-refractivity contribution < 1.29 is 39.9 Å². The van der Waals surface area contributed by atoms with Crippen LogP contribution in [-0.2, 0) is 14.4 Å². The van der Waals surface area contributed by atoms with E-state index in [9.17, 15) is 14.4 Å². The van der Waals surface area contributed by atoms with Gasteiger partial charge in [-0.1, -0.05) is 206 Å². The molecule has 0 atom stereocenters. The molecule has 0 bridgehead atoms. The molecular formula is C40H78O8. The first-order valence-electron chi connectivity index (χ1n) is 20.2. The summed E-state index contributed by atoms with van der Waals surface area (Å²) in [7, 11) is 0. The van der Waals surface area contributed by atoms with Crippen molar-refractivity contribution in [1.29, 1.82) is 0 Å². The largest absolute Gasteiger partial charge is 0.481 e. The first-order chi connectivity index (χ1) is 23.2. The quantitative estimate of drug-likeness (QED) is 0.0405. The van der Waals surface area contributed by atoms with Crippen molar-refractivity contribution in [2.45, 2.75) is 231 Å². The van der Waals surface area contributed by atoms with Gasteiger partial charge in [-0.3, -0.25) is 9.59 Å². The van der Waals surface area contributed by atoms with E-state index >= 15 is 0 Å². The Morgan fingerprint density at radius 2 is 0.562 bits per heavy atom.